The van der Waals surface area contributed by atoms with Crippen LogP contribution in [0.5, 0.6) is 0 Å². The minimum atomic E-state index is -1.33. The molecule has 0 radical (unpaired) electrons. The normalized spacial score (nSPS) is 35.6. The number of aliphatic hydroxyl groups is 4. The highest BCUT2D eigenvalue weighted by molar-refractivity contribution is 4.89. The average molecular weight is 459 g/mol. The summed E-state index contributed by atoms with van der Waals surface area (Å²) in [5.74, 6) is 1.82. The van der Waals surface area contributed by atoms with Crippen LogP contribution >= 0.6 is 0 Å². The molecule has 6 heteroatoms. The minimum absolute atomic E-state index is 0.00725. The van der Waals surface area contributed by atoms with Gasteiger partial charge in [0, 0.05) is 0 Å². The van der Waals surface area contributed by atoms with Gasteiger partial charge in [-0.05, 0) is 61.2 Å². The summed E-state index contributed by atoms with van der Waals surface area (Å²) in [4.78, 5) is 0. The van der Waals surface area contributed by atoms with Gasteiger partial charge >= 0.3 is 0 Å². The summed E-state index contributed by atoms with van der Waals surface area (Å²) in [6, 6.07) is 0. The molecule has 0 aromatic heterocycles. The van der Waals surface area contributed by atoms with E-state index in [0.29, 0.717) is 23.7 Å². The molecule has 2 aliphatic rings. The van der Waals surface area contributed by atoms with Crippen LogP contribution in [0, 0.1) is 29.1 Å². The summed E-state index contributed by atoms with van der Waals surface area (Å²) in [5.41, 5.74) is 0.231. The number of rotatable bonds is 11. The number of hydrogen-bond donors (Lipinski definition) is 4. The molecule has 0 heterocycles. The zero-order valence-corrected chi connectivity index (χ0v) is 21.2. The number of hydrogen-bond acceptors (Lipinski definition) is 6. The molecule has 0 saturated heterocycles. The van der Waals surface area contributed by atoms with Crippen molar-refractivity contribution >= 4 is 0 Å². The third-order valence-electron chi connectivity index (χ3n) is 8.45. The van der Waals surface area contributed by atoms with Crippen molar-refractivity contribution in [1.82, 2.24) is 0 Å². The van der Waals surface area contributed by atoms with Gasteiger partial charge in [0.05, 0.1) is 25.4 Å². The Labute approximate surface area is 195 Å². The van der Waals surface area contributed by atoms with E-state index < -0.39 is 31.0 Å². The Kier molecular flexibility index (Phi) is 10.9. The summed E-state index contributed by atoms with van der Waals surface area (Å²) in [7, 11) is 0. The van der Waals surface area contributed by atoms with Gasteiger partial charge in [-0.15, -0.1) is 0 Å². The maximum absolute atomic E-state index is 10.9. The second-order valence-electron chi connectivity index (χ2n) is 11.6. The van der Waals surface area contributed by atoms with E-state index in [1.165, 1.54) is 6.42 Å². The van der Waals surface area contributed by atoms with E-state index in [0.717, 1.165) is 38.5 Å². The van der Waals surface area contributed by atoms with Crippen LogP contribution < -0.4 is 0 Å². The van der Waals surface area contributed by atoms with Crippen LogP contribution in [0.15, 0.2) is 0 Å². The van der Waals surface area contributed by atoms with Crippen molar-refractivity contribution in [1.29, 1.82) is 0 Å². The molecule has 2 saturated carbocycles. The lowest BCUT2D eigenvalue weighted by Crippen LogP contribution is -2.52. The van der Waals surface area contributed by atoms with Gasteiger partial charge in [-0.3, -0.25) is 0 Å². The maximum atomic E-state index is 10.9. The molecule has 9 unspecified atom stereocenters. The van der Waals surface area contributed by atoms with Crippen LogP contribution in [0.1, 0.15) is 86.5 Å². The summed E-state index contributed by atoms with van der Waals surface area (Å²) in [6.07, 6.45) is 2.35. The summed E-state index contributed by atoms with van der Waals surface area (Å²) < 4.78 is 12.3. The number of ether oxygens (including phenoxy) is 2. The lowest BCUT2D eigenvalue weighted by molar-refractivity contribution is -0.192. The fraction of sp³-hybridized carbons (Fsp3) is 1.00. The zero-order valence-electron chi connectivity index (χ0n) is 21.2. The molecule has 0 aromatic carbocycles. The third-order valence-corrected chi connectivity index (χ3v) is 8.45. The second-order valence-corrected chi connectivity index (χ2v) is 11.6. The lowest BCUT2D eigenvalue weighted by atomic mass is 9.67. The van der Waals surface area contributed by atoms with Crippen LogP contribution in [0.2, 0.25) is 0 Å². The molecule has 0 aromatic rings. The van der Waals surface area contributed by atoms with Gasteiger partial charge < -0.3 is 29.9 Å². The first-order valence-corrected chi connectivity index (χ1v) is 12.9. The first-order chi connectivity index (χ1) is 15.0. The predicted octanol–water partition coefficient (Wildman–Crippen LogP) is 3.53. The first kappa shape index (κ1) is 28.0. The highest BCUT2D eigenvalue weighted by Crippen LogP contribution is 2.43. The molecule has 0 aliphatic heterocycles. The Morgan fingerprint density at radius 1 is 1.00 bits per heavy atom. The van der Waals surface area contributed by atoms with Crippen molar-refractivity contribution in [2.24, 2.45) is 29.1 Å². The predicted molar refractivity (Wildman–Crippen MR) is 126 cm³/mol. The van der Waals surface area contributed by atoms with E-state index in [9.17, 15) is 20.4 Å². The van der Waals surface area contributed by atoms with Gasteiger partial charge in [0.2, 0.25) is 0 Å². The fourth-order valence-electron chi connectivity index (χ4n) is 5.65. The largest absolute Gasteiger partial charge is 0.394 e. The van der Waals surface area contributed by atoms with Gasteiger partial charge in [-0.1, -0.05) is 54.4 Å². The maximum Gasteiger partial charge on any atom is 0.114 e. The van der Waals surface area contributed by atoms with Crippen molar-refractivity contribution in [3.05, 3.63) is 0 Å². The molecule has 9 atom stereocenters. The van der Waals surface area contributed by atoms with Crippen molar-refractivity contribution in [2.45, 2.75) is 123 Å². The van der Waals surface area contributed by atoms with E-state index in [4.69, 9.17) is 9.47 Å². The SMILES string of the molecule is CC1CCC(C(C)C)C(OC(C(O)CO)C(O)C(O)COC2CCCC(C)(C(C)C)C2)C1. The molecule has 0 spiro atoms. The van der Waals surface area contributed by atoms with Gasteiger partial charge in [-0.25, -0.2) is 0 Å². The standard InChI is InChI=1S/C26H50O6/c1-16(2)20-10-9-18(5)12-23(20)32-25(21(28)14-27)24(30)22(29)15-31-19-8-7-11-26(6,13-19)17(3)4/h16-25,27-30H,7-15H2,1-6H3. The Bertz CT molecular complexity index is 540. The highest BCUT2D eigenvalue weighted by Gasteiger charge is 2.40. The molecule has 6 nitrogen and oxygen atoms in total. The third kappa shape index (κ3) is 7.38. The molecule has 0 bridgehead atoms. The van der Waals surface area contributed by atoms with Crippen LogP contribution in [0.25, 0.3) is 0 Å². The summed E-state index contributed by atoms with van der Waals surface area (Å²) in [6.45, 7) is 12.8. The van der Waals surface area contributed by atoms with Crippen molar-refractivity contribution < 1.29 is 29.9 Å². The highest BCUT2D eigenvalue weighted by atomic mass is 16.5. The first-order valence-electron chi connectivity index (χ1n) is 12.9. The van der Waals surface area contributed by atoms with E-state index in [1.807, 2.05) is 0 Å². The van der Waals surface area contributed by atoms with E-state index >= 15 is 0 Å². The molecule has 4 N–H and O–H groups in total. The molecular weight excluding hydrogens is 408 g/mol. The van der Waals surface area contributed by atoms with Crippen molar-refractivity contribution in [3.63, 3.8) is 0 Å². The van der Waals surface area contributed by atoms with Gasteiger partial charge in [-0.2, -0.15) is 0 Å². The molecule has 2 rings (SSSR count). The van der Waals surface area contributed by atoms with Gasteiger partial charge in [0.25, 0.3) is 0 Å². The molecule has 0 amide bonds. The van der Waals surface area contributed by atoms with Crippen molar-refractivity contribution in [3.8, 4) is 0 Å². The molecule has 2 fully saturated rings. The Balaban J connectivity index is 1.99. The summed E-state index contributed by atoms with van der Waals surface area (Å²) >= 11 is 0. The van der Waals surface area contributed by atoms with E-state index in [2.05, 4.69) is 41.5 Å². The Morgan fingerprint density at radius 3 is 2.28 bits per heavy atom. The van der Waals surface area contributed by atoms with E-state index in [1.54, 1.807) is 0 Å². The average Bonchev–Trinajstić information content (AvgIpc) is 2.74. The molecule has 32 heavy (non-hydrogen) atoms. The second kappa shape index (κ2) is 12.5. The van der Waals surface area contributed by atoms with Gasteiger partial charge in [0.15, 0.2) is 0 Å². The van der Waals surface area contributed by atoms with Crippen molar-refractivity contribution in [2.75, 3.05) is 13.2 Å². The molecular formula is C26H50O6. The minimum Gasteiger partial charge on any atom is -0.394 e. The lowest BCUT2D eigenvalue weighted by Gasteiger charge is -2.42. The van der Waals surface area contributed by atoms with Crippen LogP contribution in [0.3, 0.4) is 0 Å². The zero-order chi connectivity index (χ0) is 24.1. The topological polar surface area (TPSA) is 99.4 Å². The number of aliphatic hydroxyl groups excluding tert-OH is 4. The van der Waals surface area contributed by atoms with Gasteiger partial charge in [0.1, 0.15) is 24.4 Å². The smallest absolute Gasteiger partial charge is 0.114 e. The van der Waals surface area contributed by atoms with Crippen LogP contribution in [-0.4, -0.2) is 70.3 Å². The quantitative estimate of drug-likeness (QED) is 0.378. The van der Waals surface area contributed by atoms with E-state index in [-0.39, 0.29) is 24.2 Å². The van der Waals surface area contributed by atoms with Crippen LogP contribution in [0.4, 0.5) is 0 Å². The van der Waals surface area contributed by atoms with Crippen LogP contribution in [-0.2, 0) is 9.47 Å². The molecule has 2 aliphatic carbocycles. The Morgan fingerprint density at radius 2 is 1.69 bits per heavy atom. The monoisotopic (exact) mass is 458 g/mol. The molecule has 190 valence electrons. The Hall–Kier alpha value is -0.240. The fourth-order valence-corrected chi connectivity index (χ4v) is 5.65. The summed E-state index contributed by atoms with van der Waals surface area (Å²) in [5, 5.41) is 41.6.